The van der Waals surface area contributed by atoms with Crippen LogP contribution in [0.2, 0.25) is 5.02 Å². The van der Waals surface area contributed by atoms with E-state index in [4.69, 9.17) is 28.6 Å². The van der Waals surface area contributed by atoms with Crippen molar-refractivity contribution in [1.29, 1.82) is 0 Å². The van der Waals surface area contributed by atoms with Crippen molar-refractivity contribution in [2.24, 2.45) is 0 Å². The summed E-state index contributed by atoms with van der Waals surface area (Å²) in [5.74, 6) is 0. The molecule has 1 atom stereocenters. The largest absolute Gasteiger partial charge is 0.383 e. The number of methoxy groups -OCH3 is 1. The lowest BCUT2D eigenvalue weighted by atomic mass is 10.2. The third-order valence-corrected chi connectivity index (χ3v) is 3.49. The van der Waals surface area contributed by atoms with Gasteiger partial charge in [0, 0.05) is 7.11 Å². The van der Waals surface area contributed by atoms with Crippen molar-refractivity contribution in [3.8, 4) is 0 Å². The van der Waals surface area contributed by atoms with Gasteiger partial charge in [0.2, 0.25) is 0 Å². The first-order valence-corrected chi connectivity index (χ1v) is 6.35. The number of fused-ring (bicyclic) bond motifs is 1. The van der Waals surface area contributed by atoms with Crippen LogP contribution >= 0.6 is 23.8 Å². The number of halogens is 1. The second-order valence-electron chi connectivity index (χ2n) is 3.95. The van der Waals surface area contributed by atoms with Gasteiger partial charge >= 0.3 is 0 Å². The molecule has 1 unspecified atom stereocenters. The SMILES string of the molecule is CCC(COC)n1c(=S)[nH]c2cccc(Cl)c21. The van der Waals surface area contributed by atoms with E-state index in [2.05, 4.69) is 16.5 Å². The van der Waals surface area contributed by atoms with Gasteiger partial charge in [-0.25, -0.2) is 0 Å². The van der Waals surface area contributed by atoms with Crippen LogP contribution in [0.3, 0.4) is 0 Å². The quantitative estimate of drug-likeness (QED) is 0.853. The molecule has 0 amide bonds. The average molecular weight is 271 g/mol. The van der Waals surface area contributed by atoms with Crippen LogP contribution in [0.25, 0.3) is 11.0 Å². The Morgan fingerprint density at radius 1 is 1.53 bits per heavy atom. The van der Waals surface area contributed by atoms with E-state index in [-0.39, 0.29) is 6.04 Å². The number of hydrogen-bond donors (Lipinski definition) is 1. The van der Waals surface area contributed by atoms with E-state index < -0.39 is 0 Å². The van der Waals surface area contributed by atoms with Crippen molar-refractivity contribution in [3.05, 3.63) is 28.0 Å². The van der Waals surface area contributed by atoms with Gasteiger partial charge in [-0.15, -0.1) is 0 Å². The third kappa shape index (κ3) is 2.25. The van der Waals surface area contributed by atoms with Crippen LogP contribution in [0.15, 0.2) is 18.2 Å². The molecule has 0 aliphatic carbocycles. The minimum atomic E-state index is 0.209. The van der Waals surface area contributed by atoms with Crippen molar-refractivity contribution in [2.45, 2.75) is 19.4 Å². The van der Waals surface area contributed by atoms with Crippen LogP contribution in [0.4, 0.5) is 0 Å². The Hall–Kier alpha value is -0.840. The minimum Gasteiger partial charge on any atom is -0.383 e. The number of nitrogens with zero attached hydrogens (tertiary/aromatic N) is 1. The predicted octanol–water partition coefficient (Wildman–Crippen LogP) is 3.95. The van der Waals surface area contributed by atoms with Crippen molar-refractivity contribution in [2.75, 3.05) is 13.7 Å². The summed E-state index contributed by atoms with van der Waals surface area (Å²) in [6.45, 7) is 2.74. The van der Waals surface area contributed by atoms with Crippen molar-refractivity contribution >= 4 is 34.9 Å². The van der Waals surface area contributed by atoms with Crippen molar-refractivity contribution in [3.63, 3.8) is 0 Å². The van der Waals surface area contributed by atoms with E-state index in [0.717, 1.165) is 17.5 Å². The van der Waals surface area contributed by atoms with Gasteiger partial charge in [0.05, 0.1) is 28.7 Å². The molecule has 17 heavy (non-hydrogen) atoms. The monoisotopic (exact) mass is 270 g/mol. The summed E-state index contributed by atoms with van der Waals surface area (Å²) in [6.07, 6.45) is 0.945. The van der Waals surface area contributed by atoms with Gasteiger partial charge in [0.15, 0.2) is 4.77 Å². The summed E-state index contributed by atoms with van der Waals surface area (Å²) in [7, 11) is 1.70. The second kappa shape index (κ2) is 5.21. The third-order valence-electron chi connectivity index (χ3n) is 2.88. The van der Waals surface area contributed by atoms with E-state index in [1.165, 1.54) is 0 Å². The molecule has 3 nitrogen and oxygen atoms in total. The molecule has 0 saturated carbocycles. The maximum absolute atomic E-state index is 6.25. The van der Waals surface area contributed by atoms with Gasteiger partial charge in [-0.3, -0.25) is 0 Å². The van der Waals surface area contributed by atoms with Crippen LogP contribution in [-0.4, -0.2) is 23.3 Å². The van der Waals surface area contributed by atoms with E-state index in [0.29, 0.717) is 16.4 Å². The smallest absolute Gasteiger partial charge is 0.178 e. The fourth-order valence-corrected chi connectivity index (χ4v) is 2.67. The molecule has 0 bridgehead atoms. The number of nitrogens with one attached hydrogen (secondary N) is 1. The topological polar surface area (TPSA) is 29.9 Å². The molecule has 0 radical (unpaired) electrons. The van der Waals surface area contributed by atoms with Gasteiger partial charge in [0.25, 0.3) is 0 Å². The van der Waals surface area contributed by atoms with Crippen LogP contribution in [0.5, 0.6) is 0 Å². The maximum atomic E-state index is 6.25. The number of rotatable bonds is 4. The Bertz CT molecular complexity index is 575. The zero-order valence-electron chi connectivity index (χ0n) is 9.87. The molecule has 0 spiro atoms. The van der Waals surface area contributed by atoms with E-state index in [1.54, 1.807) is 7.11 Å². The Morgan fingerprint density at radius 2 is 2.29 bits per heavy atom. The van der Waals surface area contributed by atoms with Gasteiger partial charge in [-0.2, -0.15) is 0 Å². The normalized spacial score (nSPS) is 13.1. The molecule has 2 rings (SSSR count). The highest BCUT2D eigenvalue weighted by molar-refractivity contribution is 7.71. The lowest BCUT2D eigenvalue weighted by Crippen LogP contribution is -2.14. The van der Waals surface area contributed by atoms with Crippen molar-refractivity contribution in [1.82, 2.24) is 9.55 Å². The first-order valence-electron chi connectivity index (χ1n) is 5.56. The summed E-state index contributed by atoms with van der Waals surface area (Å²) in [5, 5.41) is 0.712. The Balaban J connectivity index is 2.67. The molecule has 0 aliphatic heterocycles. The summed E-state index contributed by atoms with van der Waals surface area (Å²) in [5.41, 5.74) is 1.93. The highest BCUT2D eigenvalue weighted by Crippen LogP contribution is 2.27. The molecule has 0 aliphatic rings. The summed E-state index contributed by atoms with van der Waals surface area (Å²) in [6, 6.07) is 5.98. The average Bonchev–Trinajstić information content (AvgIpc) is 2.64. The number of benzene rings is 1. The molecular formula is C12H15ClN2OS. The van der Waals surface area contributed by atoms with Gasteiger partial charge in [-0.05, 0) is 30.8 Å². The molecular weight excluding hydrogens is 256 g/mol. The van der Waals surface area contributed by atoms with Gasteiger partial charge in [-0.1, -0.05) is 24.6 Å². The number of H-pyrrole nitrogens is 1. The Labute approximate surface area is 110 Å². The number of aromatic amines is 1. The molecule has 1 aromatic heterocycles. The number of imidazole rings is 1. The predicted molar refractivity (Wildman–Crippen MR) is 73.3 cm³/mol. The number of para-hydroxylation sites is 1. The van der Waals surface area contributed by atoms with Crippen LogP contribution < -0.4 is 0 Å². The lowest BCUT2D eigenvalue weighted by molar-refractivity contribution is 0.154. The van der Waals surface area contributed by atoms with Crippen LogP contribution in [-0.2, 0) is 4.74 Å². The molecule has 1 N–H and O–H groups in total. The van der Waals surface area contributed by atoms with E-state index in [1.807, 2.05) is 18.2 Å². The van der Waals surface area contributed by atoms with Crippen LogP contribution in [0.1, 0.15) is 19.4 Å². The molecule has 92 valence electrons. The van der Waals surface area contributed by atoms with Gasteiger partial charge in [0.1, 0.15) is 0 Å². The van der Waals surface area contributed by atoms with Crippen LogP contribution in [0, 0.1) is 4.77 Å². The molecule has 2 aromatic rings. The zero-order chi connectivity index (χ0) is 12.4. The lowest BCUT2D eigenvalue weighted by Gasteiger charge is -2.17. The second-order valence-corrected chi connectivity index (χ2v) is 4.75. The van der Waals surface area contributed by atoms with Gasteiger partial charge < -0.3 is 14.3 Å². The summed E-state index contributed by atoms with van der Waals surface area (Å²) >= 11 is 11.6. The maximum Gasteiger partial charge on any atom is 0.178 e. The molecule has 0 saturated heterocycles. The fourth-order valence-electron chi connectivity index (χ4n) is 2.05. The molecule has 1 aromatic carbocycles. The van der Waals surface area contributed by atoms with E-state index >= 15 is 0 Å². The number of ether oxygens (including phenoxy) is 1. The standard InChI is InChI=1S/C12H15ClN2OS/c1-3-8(7-16-2)15-11-9(13)5-4-6-10(11)14-12(15)17/h4-6,8H,3,7H2,1-2H3,(H,14,17). The Kier molecular flexibility index (Phi) is 3.86. The summed E-state index contributed by atoms with van der Waals surface area (Å²) in [4.78, 5) is 3.18. The van der Waals surface area contributed by atoms with E-state index in [9.17, 15) is 0 Å². The highest BCUT2D eigenvalue weighted by atomic mass is 35.5. The molecule has 5 heteroatoms. The molecule has 0 fully saturated rings. The first-order chi connectivity index (χ1) is 8.19. The first kappa shape index (κ1) is 12.6. The summed E-state index contributed by atoms with van der Waals surface area (Å²) < 4.78 is 7.98. The highest BCUT2D eigenvalue weighted by Gasteiger charge is 2.15. The molecule has 1 heterocycles. The minimum absolute atomic E-state index is 0.209. The fraction of sp³-hybridized carbons (Fsp3) is 0.417. The number of hydrogen-bond acceptors (Lipinski definition) is 2. The zero-order valence-corrected chi connectivity index (χ0v) is 11.4. The van der Waals surface area contributed by atoms with Crippen molar-refractivity contribution < 1.29 is 4.74 Å². The number of aromatic nitrogens is 2. The Morgan fingerprint density at radius 3 is 2.94 bits per heavy atom.